The zero-order chi connectivity index (χ0) is 26.1. The number of amides is 2. The molecule has 192 valence electrons. The van der Waals surface area contributed by atoms with E-state index < -0.39 is 23.4 Å². The van der Waals surface area contributed by atoms with Gasteiger partial charge in [-0.05, 0) is 62.2 Å². The third kappa shape index (κ3) is 5.99. The van der Waals surface area contributed by atoms with Crippen LogP contribution in [0.3, 0.4) is 0 Å². The summed E-state index contributed by atoms with van der Waals surface area (Å²) in [6.07, 6.45) is -5.38. The van der Waals surface area contributed by atoms with Crippen LogP contribution in [-0.4, -0.2) is 48.8 Å². The van der Waals surface area contributed by atoms with Gasteiger partial charge in [0.1, 0.15) is 16.9 Å². The Hall–Kier alpha value is -3.53. The fourth-order valence-corrected chi connectivity index (χ4v) is 3.93. The summed E-state index contributed by atoms with van der Waals surface area (Å²) < 4.78 is 57.8. The van der Waals surface area contributed by atoms with Gasteiger partial charge in [0.15, 0.2) is 0 Å². The predicted molar refractivity (Wildman–Crippen MR) is 126 cm³/mol. The molecular weight excluding hydrogens is 477 g/mol. The Kier molecular flexibility index (Phi) is 6.99. The van der Waals surface area contributed by atoms with Crippen LogP contribution in [-0.2, 0) is 22.2 Å². The van der Waals surface area contributed by atoms with Crippen LogP contribution in [0.4, 0.5) is 18.0 Å². The monoisotopic (exact) mass is 504 g/mol. The van der Waals surface area contributed by atoms with Gasteiger partial charge in [-0.15, -0.1) is 0 Å². The average Bonchev–Trinajstić information content (AvgIpc) is 3.23. The molecule has 0 saturated carbocycles. The lowest BCUT2D eigenvalue weighted by molar-refractivity contribution is -0.136. The number of ether oxygens (including phenoxy) is 2. The number of carbonyl (C=O) groups excluding carboxylic acids is 2. The van der Waals surface area contributed by atoms with Crippen LogP contribution in [0, 0.1) is 0 Å². The standard InChI is InChI=1S/C26H27F3N2O5/c1-25(2,3)36-24(33)30-15-20-13-19-12-18(14-21(22(19)35-20)26(27,28)29)16-5-4-6-17(11-16)23(32)31-7-9-34-10-8-31/h4-6,11-14H,7-10,15H2,1-3H3,(H,30,33). The molecule has 0 radical (unpaired) electrons. The first-order valence-electron chi connectivity index (χ1n) is 11.5. The minimum Gasteiger partial charge on any atom is -0.459 e. The van der Waals surface area contributed by atoms with Gasteiger partial charge in [0, 0.05) is 24.0 Å². The first-order valence-corrected chi connectivity index (χ1v) is 11.5. The Morgan fingerprint density at radius 3 is 2.42 bits per heavy atom. The second kappa shape index (κ2) is 9.85. The van der Waals surface area contributed by atoms with Crippen LogP contribution in [0.2, 0.25) is 0 Å². The Labute approximate surface area is 206 Å². The fourth-order valence-electron chi connectivity index (χ4n) is 3.93. The first-order chi connectivity index (χ1) is 16.9. The number of halogens is 3. The van der Waals surface area contributed by atoms with Crippen LogP contribution in [0.25, 0.3) is 22.1 Å². The van der Waals surface area contributed by atoms with E-state index in [1.54, 1.807) is 56.0 Å². The van der Waals surface area contributed by atoms with Crippen molar-refractivity contribution < 1.29 is 36.7 Å². The third-order valence-corrected chi connectivity index (χ3v) is 5.52. The molecule has 0 atom stereocenters. The number of benzene rings is 2. The van der Waals surface area contributed by atoms with Gasteiger partial charge in [-0.3, -0.25) is 4.79 Å². The van der Waals surface area contributed by atoms with Gasteiger partial charge in [0.05, 0.1) is 25.3 Å². The molecule has 1 saturated heterocycles. The number of carbonyl (C=O) groups is 2. The summed E-state index contributed by atoms with van der Waals surface area (Å²) in [5.41, 5.74) is -0.836. The molecular formula is C26H27F3N2O5. The van der Waals surface area contributed by atoms with E-state index in [2.05, 4.69) is 5.32 Å². The maximum absolute atomic E-state index is 14.0. The second-order valence-corrected chi connectivity index (χ2v) is 9.49. The molecule has 1 aliphatic rings. The molecule has 7 nitrogen and oxygen atoms in total. The number of hydrogen-bond acceptors (Lipinski definition) is 5. The van der Waals surface area contributed by atoms with E-state index in [1.807, 2.05) is 0 Å². The molecule has 1 aliphatic heterocycles. The van der Waals surface area contributed by atoms with Gasteiger partial charge in [0.25, 0.3) is 5.91 Å². The molecule has 10 heteroatoms. The van der Waals surface area contributed by atoms with Crippen molar-refractivity contribution in [1.82, 2.24) is 10.2 Å². The second-order valence-electron chi connectivity index (χ2n) is 9.49. The van der Waals surface area contributed by atoms with Crippen LogP contribution < -0.4 is 5.32 Å². The molecule has 0 spiro atoms. The van der Waals surface area contributed by atoms with E-state index in [4.69, 9.17) is 13.9 Å². The summed E-state index contributed by atoms with van der Waals surface area (Å²) in [5, 5.41) is 2.71. The van der Waals surface area contributed by atoms with E-state index in [0.717, 1.165) is 6.07 Å². The highest BCUT2D eigenvalue weighted by Gasteiger charge is 2.35. The molecule has 0 bridgehead atoms. The molecule has 1 fully saturated rings. The third-order valence-electron chi connectivity index (χ3n) is 5.52. The molecule has 4 rings (SSSR count). The van der Waals surface area contributed by atoms with E-state index in [1.165, 1.54) is 6.07 Å². The minimum atomic E-state index is -4.68. The summed E-state index contributed by atoms with van der Waals surface area (Å²) in [7, 11) is 0. The molecule has 2 heterocycles. The van der Waals surface area contributed by atoms with Crippen LogP contribution >= 0.6 is 0 Å². The van der Waals surface area contributed by atoms with Gasteiger partial charge in [-0.25, -0.2) is 4.79 Å². The topological polar surface area (TPSA) is 81.0 Å². The van der Waals surface area contributed by atoms with E-state index in [-0.39, 0.29) is 29.2 Å². The smallest absolute Gasteiger partial charge is 0.420 e. The highest BCUT2D eigenvalue weighted by atomic mass is 19.4. The number of hydrogen-bond donors (Lipinski definition) is 1. The van der Waals surface area contributed by atoms with Crippen LogP contribution in [0.5, 0.6) is 0 Å². The van der Waals surface area contributed by atoms with Crippen molar-refractivity contribution in [3.05, 3.63) is 59.4 Å². The highest BCUT2D eigenvalue weighted by Crippen LogP contribution is 2.39. The zero-order valence-corrected chi connectivity index (χ0v) is 20.2. The summed E-state index contributed by atoms with van der Waals surface area (Å²) in [4.78, 5) is 26.5. The molecule has 36 heavy (non-hydrogen) atoms. The summed E-state index contributed by atoms with van der Waals surface area (Å²) in [5.74, 6) is -0.0501. The molecule has 0 unspecified atom stereocenters. The van der Waals surface area contributed by atoms with Crippen molar-refractivity contribution in [2.24, 2.45) is 0 Å². The van der Waals surface area contributed by atoms with E-state index in [0.29, 0.717) is 43.0 Å². The highest BCUT2D eigenvalue weighted by molar-refractivity contribution is 5.96. The van der Waals surface area contributed by atoms with Crippen molar-refractivity contribution in [1.29, 1.82) is 0 Å². The molecule has 1 N–H and O–H groups in total. The fraction of sp³-hybridized carbons (Fsp3) is 0.385. The van der Waals surface area contributed by atoms with Crippen molar-refractivity contribution >= 4 is 23.0 Å². The first kappa shape index (κ1) is 25.6. The normalized spacial score (nSPS) is 14.7. The lowest BCUT2D eigenvalue weighted by Crippen LogP contribution is -2.40. The molecule has 2 amide bonds. The Balaban J connectivity index is 1.65. The summed E-state index contributed by atoms with van der Waals surface area (Å²) in [6, 6.07) is 10.6. The maximum atomic E-state index is 14.0. The molecule has 2 aromatic carbocycles. The van der Waals surface area contributed by atoms with Gasteiger partial charge in [-0.2, -0.15) is 13.2 Å². The van der Waals surface area contributed by atoms with Gasteiger partial charge in [0.2, 0.25) is 0 Å². The number of furan rings is 1. The number of morpholine rings is 1. The zero-order valence-electron chi connectivity index (χ0n) is 20.2. The number of alkyl carbamates (subject to hydrolysis) is 1. The quantitative estimate of drug-likeness (QED) is 0.499. The number of rotatable bonds is 4. The molecule has 0 aliphatic carbocycles. The average molecular weight is 505 g/mol. The number of fused-ring (bicyclic) bond motifs is 1. The largest absolute Gasteiger partial charge is 0.459 e. The summed E-state index contributed by atoms with van der Waals surface area (Å²) in [6.45, 7) is 6.78. The maximum Gasteiger partial charge on any atom is 0.420 e. The Morgan fingerprint density at radius 2 is 1.75 bits per heavy atom. The molecule has 3 aromatic rings. The minimum absolute atomic E-state index is 0.139. The molecule has 1 aromatic heterocycles. The lowest BCUT2D eigenvalue weighted by atomic mass is 9.98. The van der Waals surface area contributed by atoms with Gasteiger partial charge < -0.3 is 24.1 Å². The van der Waals surface area contributed by atoms with Crippen molar-refractivity contribution in [3.63, 3.8) is 0 Å². The number of alkyl halides is 3. The summed E-state index contributed by atoms with van der Waals surface area (Å²) >= 11 is 0. The van der Waals surface area contributed by atoms with Gasteiger partial charge in [-0.1, -0.05) is 12.1 Å². The Morgan fingerprint density at radius 1 is 1.03 bits per heavy atom. The van der Waals surface area contributed by atoms with Gasteiger partial charge >= 0.3 is 12.3 Å². The lowest BCUT2D eigenvalue weighted by Gasteiger charge is -2.27. The van der Waals surface area contributed by atoms with E-state index >= 15 is 0 Å². The van der Waals surface area contributed by atoms with Crippen molar-refractivity contribution in [3.8, 4) is 11.1 Å². The van der Waals surface area contributed by atoms with Crippen LogP contribution in [0.15, 0.2) is 46.9 Å². The van der Waals surface area contributed by atoms with Crippen molar-refractivity contribution in [2.45, 2.75) is 39.1 Å². The Bertz CT molecular complexity index is 1270. The number of nitrogens with zero attached hydrogens (tertiary/aromatic N) is 1. The number of nitrogens with one attached hydrogen (secondary N) is 1. The van der Waals surface area contributed by atoms with Crippen molar-refractivity contribution in [2.75, 3.05) is 26.3 Å². The van der Waals surface area contributed by atoms with Crippen LogP contribution in [0.1, 0.15) is 42.5 Å². The SMILES string of the molecule is CC(C)(C)OC(=O)NCc1cc2cc(-c3cccc(C(=O)N4CCOCC4)c3)cc(C(F)(F)F)c2o1. The van der Waals surface area contributed by atoms with E-state index in [9.17, 15) is 22.8 Å². The predicted octanol–water partition coefficient (Wildman–Crippen LogP) is 5.62.